The summed E-state index contributed by atoms with van der Waals surface area (Å²) in [6, 6.07) is 5.99. The van der Waals surface area contributed by atoms with Crippen LogP contribution in [0.25, 0.3) is 11.0 Å². The maximum Gasteiger partial charge on any atom is 0.230 e. The summed E-state index contributed by atoms with van der Waals surface area (Å²) in [6.45, 7) is 2.27. The first kappa shape index (κ1) is 12.9. The molecule has 6 heteroatoms. The average Bonchev–Trinajstić information content (AvgIpc) is 2.75. The van der Waals surface area contributed by atoms with Crippen LogP contribution in [0.4, 0.5) is 0 Å². The van der Waals surface area contributed by atoms with Crippen molar-refractivity contribution >= 4 is 28.7 Å². The fourth-order valence-electron chi connectivity index (χ4n) is 1.55. The number of fused-ring (bicyclic) bond motifs is 1. The van der Waals surface area contributed by atoms with Crippen LogP contribution in [0.2, 0.25) is 0 Å². The van der Waals surface area contributed by atoms with Crippen molar-refractivity contribution in [1.29, 1.82) is 0 Å². The maximum atomic E-state index is 11.4. The number of nitrogens with zero attached hydrogens (tertiary/aromatic N) is 1. The molecule has 0 fully saturated rings. The van der Waals surface area contributed by atoms with Gasteiger partial charge in [-0.25, -0.2) is 4.98 Å². The van der Waals surface area contributed by atoms with Gasteiger partial charge in [-0.05, 0) is 24.6 Å². The molecule has 3 N–H and O–H groups in total. The Morgan fingerprint density at radius 3 is 3.17 bits per heavy atom. The van der Waals surface area contributed by atoms with Gasteiger partial charge < -0.3 is 15.4 Å². The number of carbonyl (C=O) groups excluding carboxylic acids is 1. The molecular weight excluding hydrogens is 250 g/mol. The molecule has 18 heavy (non-hydrogen) atoms. The number of aryl methyl sites for hydroxylation is 1. The second-order valence-electron chi connectivity index (χ2n) is 3.92. The largest absolute Gasteiger partial charge is 0.395 e. The number of benzene rings is 1. The fourth-order valence-corrected chi connectivity index (χ4v) is 2.26. The summed E-state index contributed by atoms with van der Waals surface area (Å²) in [5.74, 6) is 0.185. The predicted octanol–water partition coefficient (Wildman–Crippen LogP) is 1.07. The van der Waals surface area contributed by atoms with Crippen molar-refractivity contribution in [3.63, 3.8) is 0 Å². The summed E-state index contributed by atoms with van der Waals surface area (Å²) >= 11 is 1.35. The Kier molecular flexibility index (Phi) is 4.22. The Morgan fingerprint density at radius 2 is 2.39 bits per heavy atom. The van der Waals surface area contributed by atoms with E-state index in [-0.39, 0.29) is 12.5 Å². The van der Waals surface area contributed by atoms with E-state index in [1.54, 1.807) is 0 Å². The van der Waals surface area contributed by atoms with Gasteiger partial charge in [-0.1, -0.05) is 17.8 Å². The van der Waals surface area contributed by atoms with E-state index in [1.807, 2.05) is 25.1 Å². The number of amides is 1. The summed E-state index contributed by atoms with van der Waals surface area (Å²) in [6.07, 6.45) is 0. The first-order valence-corrected chi connectivity index (χ1v) is 6.64. The highest BCUT2D eigenvalue weighted by atomic mass is 32.2. The van der Waals surface area contributed by atoms with Crippen molar-refractivity contribution in [2.24, 2.45) is 0 Å². The highest BCUT2D eigenvalue weighted by Crippen LogP contribution is 2.19. The molecule has 0 saturated carbocycles. The van der Waals surface area contributed by atoms with Gasteiger partial charge in [0, 0.05) is 6.54 Å². The predicted molar refractivity (Wildman–Crippen MR) is 71.7 cm³/mol. The summed E-state index contributed by atoms with van der Waals surface area (Å²) in [5.41, 5.74) is 3.05. The lowest BCUT2D eigenvalue weighted by molar-refractivity contribution is -0.118. The molecule has 0 bridgehead atoms. The second kappa shape index (κ2) is 5.88. The molecule has 2 rings (SSSR count). The number of rotatable bonds is 5. The van der Waals surface area contributed by atoms with E-state index in [2.05, 4.69) is 15.3 Å². The summed E-state index contributed by atoms with van der Waals surface area (Å²) in [7, 11) is 0. The number of imidazole rings is 1. The number of aromatic nitrogens is 2. The SMILES string of the molecule is Cc1ccc2nc(SCC(=O)NCCO)[nH]c2c1. The van der Waals surface area contributed by atoms with E-state index >= 15 is 0 Å². The number of nitrogens with one attached hydrogen (secondary N) is 2. The molecule has 0 spiro atoms. The zero-order valence-electron chi connectivity index (χ0n) is 10.1. The maximum absolute atomic E-state index is 11.4. The van der Waals surface area contributed by atoms with Crippen molar-refractivity contribution in [1.82, 2.24) is 15.3 Å². The first-order valence-electron chi connectivity index (χ1n) is 5.66. The average molecular weight is 265 g/mol. The molecule has 0 aliphatic carbocycles. The van der Waals surface area contributed by atoms with Crippen LogP contribution < -0.4 is 5.32 Å². The van der Waals surface area contributed by atoms with Crippen LogP contribution in [0.3, 0.4) is 0 Å². The van der Waals surface area contributed by atoms with Gasteiger partial charge in [-0.3, -0.25) is 4.79 Å². The highest BCUT2D eigenvalue weighted by molar-refractivity contribution is 7.99. The smallest absolute Gasteiger partial charge is 0.230 e. The lowest BCUT2D eigenvalue weighted by Gasteiger charge is -2.00. The second-order valence-corrected chi connectivity index (χ2v) is 4.89. The number of aromatic amines is 1. The number of hydrogen-bond donors (Lipinski definition) is 3. The van der Waals surface area contributed by atoms with Crippen LogP contribution in [-0.2, 0) is 4.79 Å². The van der Waals surface area contributed by atoms with Gasteiger partial charge in [0.25, 0.3) is 0 Å². The third kappa shape index (κ3) is 3.24. The number of hydrogen-bond acceptors (Lipinski definition) is 4. The Morgan fingerprint density at radius 1 is 1.56 bits per heavy atom. The molecule has 5 nitrogen and oxygen atoms in total. The minimum Gasteiger partial charge on any atom is -0.395 e. The minimum atomic E-state index is -0.106. The highest BCUT2D eigenvalue weighted by Gasteiger charge is 2.06. The first-order chi connectivity index (χ1) is 8.69. The van der Waals surface area contributed by atoms with E-state index in [1.165, 1.54) is 17.3 Å². The number of H-pyrrole nitrogens is 1. The molecule has 0 radical (unpaired) electrons. The van der Waals surface area contributed by atoms with Crippen LogP contribution in [0.1, 0.15) is 5.56 Å². The van der Waals surface area contributed by atoms with E-state index < -0.39 is 0 Å². The zero-order chi connectivity index (χ0) is 13.0. The fraction of sp³-hybridized carbons (Fsp3) is 0.333. The van der Waals surface area contributed by atoms with E-state index in [4.69, 9.17) is 5.11 Å². The number of thioether (sulfide) groups is 1. The van der Waals surface area contributed by atoms with Gasteiger partial charge in [-0.2, -0.15) is 0 Å². The van der Waals surface area contributed by atoms with E-state index in [9.17, 15) is 4.79 Å². The molecule has 2 aromatic rings. The van der Waals surface area contributed by atoms with Gasteiger partial charge >= 0.3 is 0 Å². The van der Waals surface area contributed by atoms with Gasteiger partial charge in [-0.15, -0.1) is 0 Å². The van der Waals surface area contributed by atoms with Crippen molar-refractivity contribution in [2.75, 3.05) is 18.9 Å². The van der Waals surface area contributed by atoms with Gasteiger partial charge in [0.15, 0.2) is 5.16 Å². The van der Waals surface area contributed by atoms with Crippen LogP contribution in [0.5, 0.6) is 0 Å². The quantitative estimate of drug-likeness (QED) is 0.707. The van der Waals surface area contributed by atoms with E-state index in [0.717, 1.165) is 16.2 Å². The standard InChI is InChI=1S/C12H15N3O2S/c1-8-2-3-9-10(6-8)15-12(14-9)18-7-11(17)13-4-5-16/h2-3,6,16H,4-5,7H2,1H3,(H,13,17)(H,14,15). The van der Waals surface area contributed by atoms with Crippen LogP contribution >= 0.6 is 11.8 Å². The van der Waals surface area contributed by atoms with Crippen molar-refractivity contribution < 1.29 is 9.90 Å². The molecule has 96 valence electrons. The molecule has 1 aromatic carbocycles. The third-order valence-electron chi connectivity index (χ3n) is 2.39. The summed E-state index contributed by atoms with van der Waals surface area (Å²) in [4.78, 5) is 18.9. The van der Waals surface area contributed by atoms with Gasteiger partial charge in [0.1, 0.15) is 0 Å². The number of aliphatic hydroxyl groups is 1. The van der Waals surface area contributed by atoms with E-state index in [0.29, 0.717) is 12.3 Å². The summed E-state index contributed by atoms with van der Waals surface area (Å²) in [5, 5.41) is 11.9. The number of aliphatic hydroxyl groups excluding tert-OH is 1. The Hall–Kier alpha value is -1.53. The Balaban J connectivity index is 1.97. The molecule has 0 atom stereocenters. The van der Waals surface area contributed by atoms with Crippen LogP contribution in [-0.4, -0.2) is 39.9 Å². The lowest BCUT2D eigenvalue weighted by atomic mass is 10.2. The molecule has 1 aromatic heterocycles. The Bertz CT molecular complexity index is 553. The van der Waals surface area contributed by atoms with Crippen molar-refractivity contribution in [3.8, 4) is 0 Å². The van der Waals surface area contributed by atoms with Crippen LogP contribution in [0.15, 0.2) is 23.4 Å². The molecule has 0 aliphatic rings. The molecule has 0 saturated heterocycles. The summed E-state index contributed by atoms with van der Waals surface area (Å²) < 4.78 is 0. The molecule has 1 heterocycles. The molecular formula is C12H15N3O2S. The van der Waals surface area contributed by atoms with Crippen molar-refractivity contribution in [2.45, 2.75) is 12.1 Å². The lowest BCUT2D eigenvalue weighted by Crippen LogP contribution is -2.27. The molecule has 1 amide bonds. The zero-order valence-corrected chi connectivity index (χ0v) is 10.9. The normalized spacial score (nSPS) is 10.8. The minimum absolute atomic E-state index is 0.0413. The van der Waals surface area contributed by atoms with Crippen LogP contribution in [0, 0.1) is 6.92 Å². The molecule has 0 aliphatic heterocycles. The van der Waals surface area contributed by atoms with Gasteiger partial charge in [0.05, 0.1) is 23.4 Å². The van der Waals surface area contributed by atoms with Gasteiger partial charge in [0.2, 0.25) is 5.91 Å². The van der Waals surface area contributed by atoms with Crippen molar-refractivity contribution in [3.05, 3.63) is 23.8 Å². The Labute approximate surface area is 109 Å². The molecule has 0 unspecified atom stereocenters. The monoisotopic (exact) mass is 265 g/mol. The topological polar surface area (TPSA) is 78.0 Å². The third-order valence-corrected chi connectivity index (χ3v) is 3.26. The number of carbonyl (C=O) groups is 1.